The summed E-state index contributed by atoms with van der Waals surface area (Å²) < 4.78 is 17.1. The van der Waals surface area contributed by atoms with Crippen LogP contribution >= 0.6 is 0 Å². The smallest absolute Gasteiger partial charge is 0.302 e. The van der Waals surface area contributed by atoms with Gasteiger partial charge in [0.25, 0.3) is 0 Å². The molecule has 9 unspecified atom stereocenters. The maximum absolute atomic E-state index is 11.2. The molecule has 3 fully saturated rings. The standard InChI is InChI=1S/C28H46O9/c1-15(30)35-14-20(31)27(4)10-8-17-16(12-27)6-7-19-26(2,3)21(9-11-28(17,19)5)37-25-24(34)23(33)22(32)18(13-29)36-25/h12,17-25,29,31-34H,6-11,13-14H2,1-5H3/t17?,18?,19?,20?,21?,22?,23?,24?,25?,27-,28-/m0/s1. The minimum absolute atomic E-state index is 0.00414. The summed E-state index contributed by atoms with van der Waals surface area (Å²) in [6.07, 6.45) is 0.254. The van der Waals surface area contributed by atoms with E-state index in [4.69, 9.17) is 14.2 Å². The average molecular weight is 527 g/mol. The zero-order chi connectivity index (χ0) is 27.3. The molecule has 37 heavy (non-hydrogen) atoms. The van der Waals surface area contributed by atoms with Crippen molar-refractivity contribution < 1.29 is 44.5 Å². The van der Waals surface area contributed by atoms with Gasteiger partial charge in [-0.25, -0.2) is 0 Å². The topological polar surface area (TPSA) is 146 Å². The molecule has 4 aliphatic rings. The second-order valence-electron chi connectivity index (χ2n) is 12.9. The molecule has 9 nitrogen and oxygen atoms in total. The van der Waals surface area contributed by atoms with E-state index in [2.05, 4.69) is 26.8 Å². The van der Waals surface area contributed by atoms with Gasteiger partial charge in [-0.3, -0.25) is 4.79 Å². The Morgan fingerprint density at radius 2 is 1.78 bits per heavy atom. The number of aliphatic hydroxyl groups is 5. The predicted octanol–water partition coefficient (Wildman–Crippen LogP) is 1.67. The van der Waals surface area contributed by atoms with Gasteiger partial charge >= 0.3 is 5.97 Å². The van der Waals surface area contributed by atoms with Crippen LogP contribution in [0.3, 0.4) is 0 Å². The third-order valence-corrected chi connectivity index (χ3v) is 10.3. The summed E-state index contributed by atoms with van der Waals surface area (Å²) in [5.74, 6) is 0.357. The molecule has 0 aromatic heterocycles. The van der Waals surface area contributed by atoms with Crippen molar-refractivity contribution in [2.24, 2.45) is 28.1 Å². The summed E-state index contributed by atoms with van der Waals surface area (Å²) in [5.41, 5.74) is 0.764. The summed E-state index contributed by atoms with van der Waals surface area (Å²) in [6.45, 7) is 9.70. The minimum Gasteiger partial charge on any atom is -0.463 e. The number of fused-ring (bicyclic) bond motifs is 3. The Morgan fingerprint density at radius 3 is 2.43 bits per heavy atom. The van der Waals surface area contributed by atoms with E-state index >= 15 is 0 Å². The highest BCUT2D eigenvalue weighted by Gasteiger charge is 2.59. The Kier molecular flexibility index (Phi) is 8.20. The Balaban J connectivity index is 1.50. The fraction of sp³-hybridized carbons (Fsp3) is 0.893. The van der Waals surface area contributed by atoms with Gasteiger partial charge in [0, 0.05) is 12.3 Å². The van der Waals surface area contributed by atoms with Crippen molar-refractivity contribution >= 4 is 5.97 Å². The highest BCUT2D eigenvalue weighted by molar-refractivity contribution is 5.65. The number of aliphatic hydroxyl groups excluding tert-OH is 5. The van der Waals surface area contributed by atoms with E-state index in [0.717, 1.165) is 38.5 Å². The SMILES string of the molecule is CC(=O)OCC(O)[C@]1(C)C=C2CCC3C(C)(C)C(OC4OC(CO)C(O)C(O)C4O)CC[C@@]3(C)C2CC1. The first kappa shape index (κ1) is 28.9. The van der Waals surface area contributed by atoms with Crippen LogP contribution in [-0.2, 0) is 19.0 Å². The van der Waals surface area contributed by atoms with Crippen LogP contribution in [0.5, 0.6) is 0 Å². The van der Waals surface area contributed by atoms with Gasteiger partial charge in [-0.05, 0) is 61.2 Å². The molecular formula is C28H46O9. The van der Waals surface area contributed by atoms with Crippen LogP contribution in [0, 0.1) is 28.1 Å². The zero-order valence-electron chi connectivity index (χ0n) is 22.8. The summed E-state index contributed by atoms with van der Waals surface area (Å²) in [4.78, 5) is 11.2. The number of hydrogen-bond donors (Lipinski definition) is 5. The number of carbonyl (C=O) groups is 1. The number of esters is 1. The Hall–Kier alpha value is -1.07. The molecule has 0 radical (unpaired) electrons. The van der Waals surface area contributed by atoms with Crippen molar-refractivity contribution in [3.63, 3.8) is 0 Å². The quantitative estimate of drug-likeness (QED) is 0.198. The van der Waals surface area contributed by atoms with Gasteiger partial charge in [-0.1, -0.05) is 39.3 Å². The molecule has 11 atom stereocenters. The molecule has 1 heterocycles. The van der Waals surface area contributed by atoms with E-state index in [0.29, 0.717) is 11.8 Å². The van der Waals surface area contributed by atoms with Crippen LogP contribution in [-0.4, -0.2) is 87.6 Å². The Labute approximate surface area is 219 Å². The Morgan fingerprint density at radius 1 is 1.08 bits per heavy atom. The maximum atomic E-state index is 11.2. The van der Waals surface area contributed by atoms with Gasteiger partial charge in [0.15, 0.2) is 6.29 Å². The second-order valence-corrected chi connectivity index (χ2v) is 12.9. The summed E-state index contributed by atoms with van der Waals surface area (Å²) in [7, 11) is 0. The van der Waals surface area contributed by atoms with Gasteiger partial charge < -0.3 is 39.7 Å². The van der Waals surface area contributed by atoms with E-state index in [1.165, 1.54) is 12.5 Å². The third kappa shape index (κ3) is 5.13. The largest absolute Gasteiger partial charge is 0.463 e. The molecule has 4 rings (SSSR count). The molecule has 0 bridgehead atoms. The van der Waals surface area contributed by atoms with Crippen LogP contribution in [0.4, 0.5) is 0 Å². The average Bonchev–Trinajstić information content (AvgIpc) is 2.83. The van der Waals surface area contributed by atoms with Gasteiger partial charge in [0.2, 0.25) is 0 Å². The molecule has 0 aromatic rings. The summed E-state index contributed by atoms with van der Waals surface area (Å²) >= 11 is 0. The normalized spacial score (nSPS) is 46.3. The lowest BCUT2D eigenvalue weighted by Gasteiger charge is -2.62. The first-order valence-electron chi connectivity index (χ1n) is 13.7. The molecule has 212 valence electrons. The van der Waals surface area contributed by atoms with Crippen LogP contribution in [0.25, 0.3) is 0 Å². The van der Waals surface area contributed by atoms with Crippen LogP contribution in [0.1, 0.15) is 73.1 Å². The highest BCUT2D eigenvalue weighted by atomic mass is 16.7. The van der Waals surface area contributed by atoms with Crippen molar-refractivity contribution in [1.82, 2.24) is 0 Å². The maximum Gasteiger partial charge on any atom is 0.302 e. The molecule has 9 heteroatoms. The zero-order valence-corrected chi connectivity index (χ0v) is 22.8. The lowest BCUT2D eigenvalue weighted by atomic mass is 9.45. The summed E-state index contributed by atoms with van der Waals surface area (Å²) in [5, 5.41) is 51.2. The molecule has 5 N–H and O–H groups in total. The minimum atomic E-state index is -1.46. The van der Waals surface area contributed by atoms with E-state index < -0.39 is 48.8 Å². The van der Waals surface area contributed by atoms with Crippen LogP contribution in [0.2, 0.25) is 0 Å². The number of allylic oxidation sites excluding steroid dienone is 1. The van der Waals surface area contributed by atoms with Crippen LogP contribution < -0.4 is 0 Å². The van der Waals surface area contributed by atoms with Crippen LogP contribution in [0.15, 0.2) is 11.6 Å². The molecule has 0 aromatic carbocycles. The predicted molar refractivity (Wildman–Crippen MR) is 134 cm³/mol. The van der Waals surface area contributed by atoms with E-state index in [1.807, 2.05) is 6.92 Å². The fourth-order valence-corrected chi connectivity index (χ4v) is 7.96. The van der Waals surface area contributed by atoms with Crippen molar-refractivity contribution in [3.05, 3.63) is 11.6 Å². The second kappa shape index (κ2) is 10.5. The molecule has 1 aliphatic heterocycles. The van der Waals surface area contributed by atoms with Crippen molar-refractivity contribution in [3.8, 4) is 0 Å². The number of ether oxygens (including phenoxy) is 3. The summed E-state index contributed by atoms with van der Waals surface area (Å²) in [6, 6.07) is 0. The molecule has 3 aliphatic carbocycles. The van der Waals surface area contributed by atoms with Gasteiger partial charge in [-0.15, -0.1) is 0 Å². The van der Waals surface area contributed by atoms with Gasteiger partial charge in [0.1, 0.15) is 31.0 Å². The number of hydrogen-bond acceptors (Lipinski definition) is 9. The number of rotatable bonds is 6. The monoisotopic (exact) mass is 526 g/mol. The Bertz CT molecular complexity index is 872. The molecule has 2 saturated carbocycles. The lowest BCUT2D eigenvalue weighted by molar-refractivity contribution is -0.327. The molecular weight excluding hydrogens is 480 g/mol. The highest BCUT2D eigenvalue weighted by Crippen LogP contribution is 2.64. The lowest BCUT2D eigenvalue weighted by Crippen LogP contribution is -2.62. The van der Waals surface area contributed by atoms with Gasteiger partial charge in [-0.2, -0.15) is 0 Å². The van der Waals surface area contributed by atoms with Gasteiger partial charge in [0.05, 0.1) is 18.8 Å². The third-order valence-electron chi connectivity index (χ3n) is 10.3. The molecule has 1 saturated heterocycles. The first-order chi connectivity index (χ1) is 17.2. The van der Waals surface area contributed by atoms with Crippen molar-refractivity contribution in [2.45, 2.75) is 116 Å². The van der Waals surface area contributed by atoms with E-state index in [-0.39, 0.29) is 29.5 Å². The molecule has 0 amide bonds. The van der Waals surface area contributed by atoms with E-state index in [1.54, 1.807) is 0 Å². The first-order valence-corrected chi connectivity index (χ1v) is 13.7. The fourth-order valence-electron chi connectivity index (χ4n) is 7.96. The molecule has 0 spiro atoms. The number of carbonyl (C=O) groups excluding carboxylic acids is 1. The van der Waals surface area contributed by atoms with E-state index in [9.17, 15) is 30.3 Å². The van der Waals surface area contributed by atoms with Crippen molar-refractivity contribution in [1.29, 1.82) is 0 Å². The van der Waals surface area contributed by atoms with Crippen molar-refractivity contribution in [2.75, 3.05) is 13.2 Å².